The van der Waals surface area contributed by atoms with E-state index in [-0.39, 0.29) is 27.8 Å². The molecule has 2 aliphatic heterocycles. The molecule has 0 unspecified atom stereocenters. The van der Waals surface area contributed by atoms with Gasteiger partial charge in [0.2, 0.25) is 12.5 Å². The zero-order valence-corrected chi connectivity index (χ0v) is 25.3. The van der Waals surface area contributed by atoms with E-state index < -0.39 is 0 Å². The van der Waals surface area contributed by atoms with Gasteiger partial charge < -0.3 is 4.57 Å². The number of aromatic nitrogens is 2. The predicted octanol–water partition coefficient (Wildman–Crippen LogP) is 4.46. The number of nitrogens with zero attached hydrogens (tertiary/aromatic N) is 4. The quantitative estimate of drug-likeness (QED) is 0.152. The van der Waals surface area contributed by atoms with E-state index in [0.717, 1.165) is 35.7 Å². The van der Waals surface area contributed by atoms with E-state index in [0.29, 0.717) is 0 Å². The zero-order chi connectivity index (χ0) is 27.1. The Balaban J connectivity index is 0.000000387. The summed E-state index contributed by atoms with van der Waals surface area (Å²) < 4.78 is 4.42. The molecule has 2 aromatic heterocycles. The van der Waals surface area contributed by atoms with Crippen molar-refractivity contribution in [3.8, 4) is 11.1 Å². The SMILES string of the molecule is CCn1c2ccccc2c2ccc(B3c4[c-]c(C5=NCC=[N+]5C)ccc4-c4ccccc43)nc21.[Pt+2].[c-]1ccccc1. The van der Waals surface area contributed by atoms with E-state index in [9.17, 15) is 0 Å². The van der Waals surface area contributed by atoms with Crippen LogP contribution in [-0.2, 0) is 27.6 Å². The Morgan fingerprint density at radius 3 is 2.39 bits per heavy atom. The van der Waals surface area contributed by atoms with Crippen LogP contribution in [0.1, 0.15) is 12.5 Å². The Morgan fingerprint density at radius 2 is 1.66 bits per heavy atom. The Kier molecular flexibility index (Phi) is 7.56. The van der Waals surface area contributed by atoms with E-state index in [2.05, 4.69) is 119 Å². The van der Waals surface area contributed by atoms with Gasteiger partial charge in [-0.25, -0.2) is 4.98 Å². The largest absolute Gasteiger partial charge is 2.00 e. The second-order valence-corrected chi connectivity index (χ2v) is 10.1. The summed E-state index contributed by atoms with van der Waals surface area (Å²) in [6, 6.07) is 42.4. The van der Waals surface area contributed by atoms with Crippen molar-refractivity contribution in [2.75, 3.05) is 13.6 Å². The van der Waals surface area contributed by atoms with Crippen LogP contribution in [0.4, 0.5) is 0 Å². The first kappa shape index (κ1) is 27.1. The first-order chi connectivity index (χ1) is 19.7. The van der Waals surface area contributed by atoms with Gasteiger partial charge in [0.1, 0.15) is 11.9 Å². The van der Waals surface area contributed by atoms with Gasteiger partial charge >= 0.3 is 21.1 Å². The molecule has 4 aromatic carbocycles. The minimum atomic E-state index is 0. The maximum atomic E-state index is 5.30. The molecule has 6 heteroatoms. The monoisotopic (exact) mass is 710 g/mol. The van der Waals surface area contributed by atoms with Crippen LogP contribution in [0.5, 0.6) is 0 Å². The second-order valence-electron chi connectivity index (χ2n) is 10.1. The van der Waals surface area contributed by atoms with Crippen LogP contribution in [0.15, 0.2) is 108 Å². The molecule has 0 atom stereocenters. The van der Waals surface area contributed by atoms with Crippen molar-refractivity contribution in [3.05, 3.63) is 121 Å². The third-order valence-corrected chi connectivity index (χ3v) is 7.85. The summed E-state index contributed by atoms with van der Waals surface area (Å²) in [6.45, 7) is 3.85. The number of amidine groups is 1. The molecule has 4 nitrogen and oxygen atoms in total. The summed E-state index contributed by atoms with van der Waals surface area (Å²) in [5.41, 5.74) is 9.40. The van der Waals surface area contributed by atoms with Gasteiger partial charge in [-0.1, -0.05) is 59.1 Å². The van der Waals surface area contributed by atoms with Crippen LogP contribution in [0.3, 0.4) is 0 Å². The minimum Gasteiger partial charge on any atom is -0.326 e. The van der Waals surface area contributed by atoms with Gasteiger partial charge in [0.25, 0.3) is 0 Å². The molecule has 0 aliphatic carbocycles. The number of aryl methyl sites for hydroxylation is 1. The minimum absolute atomic E-state index is 0. The van der Waals surface area contributed by atoms with Gasteiger partial charge in [-0.3, -0.25) is 4.58 Å². The Hall–Kier alpha value is -4.08. The van der Waals surface area contributed by atoms with Crippen molar-refractivity contribution in [2.45, 2.75) is 13.5 Å². The number of aliphatic imine (C=N–C) groups is 1. The Morgan fingerprint density at radius 1 is 0.854 bits per heavy atom. The summed E-state index contributed by atoms with van der Waals surface area (Å²) in [7, 11) is 2.05. The van der Waals surface area contributed by atoms with Gasteiger partial charge in [-0.05, 0) is 25.1 Å². The smallest absolute Gasteiger partial charge is 0.326 e. The van der Waals surface area contributed by atoms with Gasteiger partial charge in [0.05, 0.1) is 12.6 Å². The molecule has 41 heavy (non-hydrogen) atoms. The number of benzene rings is 4. The normalized spacial score (nSPS) is 13.2. The van der Waals surface area contributed by atoms with Crippen LogP contribution in [-0.4, -0.2) is 46.5 Å². The topological polar surface area (TPSA) is 33.2 Å². The van der Waals surface area contributed by atoms with Crippen LogP contribution in [0, 0.1) is 12.1 Å². The summed E-state index contributed by atoms with van der Waals surface area (Å²) in [5.74, 6) is 0.979. The Bertz CT molecular complexity index is 1910. The number of fused-ring (bicyclic) bond motifs is 6. The summed E-state index contributed by atoms with van der Waals surface area (Å²) in [4.78, 5) is 9.99. The van der Waals surface area contributed by atoms with E-state index >= 15 is 0 Å². The van der Waals surface area contributed by atoms with Crippen LogP contribution < -0.4 is 16.5 Å². The molecule has 0 radical (unpaired) electrons. The molecule has 6 aromatic rings. The van der Waals surface area contributed by atoms with Crippen molar-refractivity contribution >= 4 is 57.2 Å². The molecular weight excluding hydrogens is 682 g/mol. The Labute approximate surface area is 255 Å². The number of pyridine rings is 1. The number of para-hydroxylation sites is 1. The van der Waals surface area contributed by atoms with E-state index in [1.807, 2.05) is 30.3 Å². The van der Waals surface area contributed by atoms with E-state index in [1.165, 1.54) is 38.3 Å². The number of rotatable bonds is 3. The van der Waals surface area contributed by atoms with Crippen molar-refractivity contribution < 1.29 is 25.6 Å². The summed E-state index contributed by atoms with van der Waals surface area (Å²) in [6.07, 6.45) is 2.10. The molecule has 8 rings (SSSR count). The standard InChI is InChI=1S/C29H23BN4.C6H5.Pt/c1-3-34-26-11-7-5-9-22(26)23-14-15-27(32-29(23)34)30-24-10-6-4-8-20(24)21-13-12-19(18-25(21)30)28-31-16-17-33(28)2;1-2-4-6-5-3-1;/h4-15,17H,3,16H2,1-2H3;1-5H;/q;-1;+2. The molecule has 2 aliphatic rings. The second kappa shape index (κ2) is 11.4. The van der Waals surface area contributed by atoms with Crippen LogP contribution in [0.2, 0.25) is 0 Å². The molecule has 0 amide bonds. The molecule has 0 bridgehead atoms. The first-order valence-electron chi connectivity index (χ1n) is 13.8. The molecule has 0 N–H and O–H groups in total. The fourth-order valence-corrected chi connectivity index (χ4v) is 6.04. The fraction of sp³-hybridized carbons (Fsp3) is 0.114. The third-order valence-electron chi connectivity index (χ3n) is 7.85. The number of hydrogen-bond donors (Lipinski definition) is 0. The number of hydrogen-bond acceptors (Lipinski definition) is 2. The first-order valence-corrected chi connectivity index (χ1v) is 13.8. The summed E-state index contributed by atoms with van der Waals surface area (Å²) >= 11 is 0. The van der Waals surface area contributed by atoms with Crippen LogP contribution in [0.25, 0.3) is 33.1 Å². The zero-order valence-electron chi connectivity index (χ0n) is 23.0. The van der Waals surface area contributed by atoms with Crippen molar-refractivity contribution in [1.29, 1.82) is 0 Å². The average Bonchev–Trinajstić information content (AvgIpc) is 3.69. The average molecular weight is 711 g/mol. The molecule has 200 valence electrons. The molecular formula is C35H28BN4Pt+. The van der Waals surface area contributed by atoms with E-state index in [1.54, 1.807) is 0 Å². The fourth-order valence-electron chi connectivity index (χ4n) is 6.04. The maximum absolute atomic E-state index is 5.30. The van der Waals surface area contributed by atoms with Crippen LogP contribution >= 0.6 is 0 Å². The van der Waals surface area contributed by atoms with Crippen molar-refractivity contribution in [1.82, 2.24) is 9.55 Å². The summed E-state index contributed by atoms with van der Waals surface area (Å²) in [5, 5.41) is 2.47. The molecule has 0 spiro atoms. The molecule has 0 saturated heterocycles. The van der Waals surface area contributed by atoms with E-state index in [4.69, 9.17) is 4.98 Å². The molecule has 4 heterocycles. The predicted molar refractivity (Wildman–Crippen MR) is 167 cm³/mol. The van der Waals surface area contributed by atoms with Gasteiger partial charge in [0.15, 0.2) is 6.54 Å². The van der Waals surface area contributed by atoms with Crippen molar-refractivity contribution in [2.24, 2.45) is 4.99 Å². The van der Waals surface area contributed by atoms with Crippen molar-refractivity contribution in [3.63, 3.8) is 0 Å². The third kappa shape index (κ3) is 4.69. The molecule has 0 fully saturated rings. The molecule has 0 saturated carbocycles. The van der Waals surface area contributed by atoms with Gasteiger partial charge in [0, 0.05) is 22.9 Å². The van der Waals surface area contributed by atoms with Gasteiger partial charge in [-0.2, -0.15) is 36.4 Å². The van der Waals surface area contributed by atoms with Gasteiger partial charge in [-0.15, -0.1) is 34.2 Å². The maximum Gasteiger partial charge on any atom is 2.00 e.